The van der Waals surface area contributed by atoms with Crippen LogP contribution in [0.15, 0.2) is 6.07 Å². The average Bonchev–Trinajstić information content (AvgIpc) is 2.71. The van der Waals surface area contributed by atoms with Crippen molar-refractivity contribution in [2.45, 2.75) is 33.1 Å². The number of hydrogen-bond donors (Lipinski definition) is 0. The monoisotopic (exact) mass is 239 g/mol. The fourth-order valence-electron chi connectivity index (χ4n) is 1.86. The van der Waals surface area contributed by atoms with Crippen molar-refractivity contribution in [3.63, 3.8) is 0 Å². The molecule has 88 valence electrons. The van der Waals surface area contributed by atoms with Crippen LogP contribution in [0, 0.1) is 6.92 Å². The molecule has 0 spiro atoms. The van der Waals surface area contributed by atoms with E-state index in [1.807, 2.05) is 6.07 Å². The molecule has 1 aromatic heterocycles. The smallest absolute Gasteiger partial charge is 0.271 e. The lowest BCUT2D eigenvalue weighted by molar-refractivity contribution is -0.143. The van der Waals surface area contributed by atoms with E-state index in [0.29, 0.717) is 6.61 Å². The molecule has 2 heterocycles. The van der Waals surface area contributed by atoms with Crippen molar-refractivity contribution < 1.29 is 9.63 Å². The molecule has 4 heteroatoms. The second-order valence-corrected chi connectivity index (χ2v) is 5.25. The number of nitrogens with zero attached hydrogens (tertiary/aromatic N) is 1. The third-order valence-corrected chi connectivity index (χ3v) is 3.92. The summed E-state index contributed by atoms with van der Waals surface area (Å²) in [4.78, 5) is 19.5. The average molecular weight is 239 g/mol. The van der Waals surface area contributed by atoms with Gasteiger partial charge in [0.2, 0.25) is 0 Å². The van der Waals surface area contributed by atoms with Gasteiger partial charge < -0.3 is 0 Å². The molecule has 1 amide bonds. The topological polar surface area (TPSA) is 29.5 Å². The number of thiophene rings is 1. The van der Waals surface area contributed by atoms with Crippen LogP contribution in [0.3, 0.4) is 0 Å². The predicted octanol–water partition coefficient (Wildman–Crippen LogP) is 2.79. The van der Waals surface area contributed by atoms with Crippen LogP contribution in [0.5, 0.6) is 0 Å². The Morgan fingerprint density at radius 2 is 2.38 bits per heavy atom. The molecule has 0 radical (unpaired) electrons. The van der Waals surface area contributed by atoms with Gasteiger partial charge >= 0.3 is 0 Å². The van der Waals surface area contributed by atoms with E-state index in [9.17, 15) is 4.79 Å². The molecule has 1 saturated heterocycles. The molecule has 0 aliphatic carbocycles. The van der Waals surface area contributed by atoms with Crippen molar-refractivity contribution in [2.24, 2.45) is 0 Å². The number of rotatable bonds is 2. The highest BCUT2D eigenvalue weighted by atomic mass is 32.1. The summed E-state index contributed by atoms with van der Waals surface area (Å²) in [5.74, 6) is 0.0208. The van der Waals surface area contributed by atoms with E-state index < -0.39 is 0 Å². The molecule has 0 unspecified atom stereocenters. The fourth-order valence-corrected chi connectivity index (χ4v) is 2.91. The Labute approximate surface area is 100.0 Å². The summed E-state index contributed by atoms with van der Waals surface area (Å²) in [6.07, 6.45) is 3.07. The van der Waals surface area contributed by atoms with Crippen LogP contribution in [0.2, 0.25) is 0 Å². The van der Waals surface area contributed by atoms with Crippen LogP contribution >= 0.6 is 11.3 Å². The van der Waals surface area contributed by atoms with Crippen LogP contribution in [-0.4, -0.2) is 24.1 Å². The summed E-state index contributed by atoms with van der Waals surface area (Å²) < 4.78 is 0. The molecule has 2 rings (SSSR count). The minimum atomic E-state index is 0.0208. The summed E-state index contributed by atoms with van der Waals surface area (Å²) in [5, 5.41) is 1.51. The molecule has 1 aliphatic rings. The van der Waals surface area contributed by atoms with Gasteiger partial charge in [-0.15, -0.1) is 11.3 Å². The summed E-state index contributed by atoms with van der Waals surface area (Å²) >= 11 is 1.57. The van der Waals surface area contributed by atoms with Crippen molar-refractivity contribution in [2.75, 3.05) is 13.2 Å². The summed E-state index contributed by atoms with van der Waals surface area (Å²) in [7, 11) is 0. The first-order valence-electron chi connectivity index (χ1n) is 5.76. The van der Waals surface area contributed by atoms with E-state index in [-0.39, 0.29) is 5.91 Å². The van der Waals surface area contributed by atoms with Crippen molar-refractivity contribution in [1.82, 2.24) is 5.06 Å². The van der Waals surface area contributed by atoms with E-state index in [0.717, 1.165) is 30.7 Å². The van der Waals surface area contributed by atoms with Gasteiger partial charge in [-0.3, -0.25) is 9.63 Å². The Morgan fingerprint density at radius 1 is 1.56 bits per heavy atom. The third kappa shape index (κ3) is 2.28. The normalized spacial score (nSPS) is 16.5. The first-order valence-corrected chi connectivity index (χ1v) is 6.58. The Morgan fingerprint density at radius 3 is 2.94 bits per heavy atom. The first kappa shape index (κ1) is 11.6. The third-order valence-electron chi connectivity index (χ3n) is 2.84. The first-order chi connectivity index (χ1) is 7.72. The lowest BCUT2D eigenvalue weighted by Gasteiger charge is -2.25. The number of carbonyl (C=O) groups is 1. The molecule has 16 heavy (non-hydrogen) atoms. The van der Waals surface area contributed by atoms with Gasteiger partial charge in [0.25, 0.3) is 5.91 Å². The Kier molecular flexibility index (Phi) is 3.61. The van der Waals surface area contributed by atoms with Gasteiger partial charge in [0, 0.05) is 11.4 Å². The van der Waals surface area contributed by atoms with Crippen molar-refractivity contribution >= 4 is 17.2 Å². The molecular formula is C12H17NO2S. The van der Waals surface area contributed by atoms with Gasteiger partial charge in [-0.05, 0) is 37.8 Å². The number of hydroxylamine groups is 2. The molecule has 1 fully saturated rings. The second-order valence-electron chi connectivity index (χ2n) is 3.99. The summed E-state index contributed by atoms with van der Waals surface area (Å²) in [5.41, 5.74) is 1.27. The Hall–Kier alpha value is -0.870. The van der Waals surface area contributed by atoms with Gasteiger partial charge in [0.15, 0.2) is 0 Å². The minimum Gasteiger partial charge on any atom is -0.271 e. The van der Waals surface area contributed by atoms with E-state index in [1.165, 1.54) is 15.5 Å². The highest BCUT2D eigenvalue weighted by Gasteiger charge is 2.21. The second kappa shape index (κ2) is 4.97. The van der Waals surface area contributed by atoms with E-state index >= 15 is 0 Å². The molecule has 3 nitrogen and oxygen atoms in total. The fraction of sp³-hybridized carbons (Fsp3) is 0.583. The van der Waals surface area contributed by atoms with Crippen LogP contribution in [-0.2, 0) is 11.3 Å². The standard InChI is InChI=1S/C12H17NO2S/c1-3-10-8-11(16-9(10)2)12(14)13-6-4-5-7-15-13/h8H,3-7H2,1-2H3. The maximum Gasteiger partial charge on any atom is 0.287 e. The van der Waals surface area contributed by atoms with Crippen molar-refractivity contribution in [3.8, 4) is 0 Å². The van der Waals surface area contributed by atoms with Gasteiger partial charge in [-0.1, -0.05) is 6.92 Å². The number of aryl methyl sites for hydroxylation is 2. The zero-order chi connectivity index (χ0) is 11.5. The number of amides is 1. The molecule has 1 aliphatic heterocycles. The quantitative estimate of drug-likeness (QED) is 0.794. The van der Waals surface area contributed by atoms with Crippen molar-refractivity contribution in [3.05, 3.63) is 21.4 Å². The van der Waals surface area contributed by atoms with Crippen LogP contribution in [0.1, 0.15) is 39.9 Å². The van der Waals surface area contributed by atoms with Gasteiger partial charge in [0.1, 0.15) is 0 Å². The van der Waals surface area contributed by atoms with Crippen LogP contribution in [0.4, 0.5) is 0 Å². The van der Waals surface area contributed by atoms with E-state index in [2.05, 4.69) is 13.8 Å². The molecule has 0 aromatic carbocycles. The maximum absolute atomic E-state index is 12.1. The lowest BCUT2D eigenvalue weighted by atomic mass is 10.2. The molecule has 0 atom stereocenters. The SMILES string of the molecule is CCc1cc(C(=O)N2CCCCO2)sc1C. The molecule has 0 N–H and O–H groups in total. The maximum atomic E-state index is 12.1. The van der Waals surface area contributed by atoms with Gasteiger partial charge in [0.05, 0.1) is 11.5 Å². The van der Waals surface area contributed by atoms with Gasteiger partial charge in [-0.2, -0.15) is 0 Å². The molecule has 1 aromatic rings. The lowest BCUT2D eigenvalue weighted by Crippen LogP contribution is -2.35. The Balaban J connectivity index is 2.13. The van der Waals surface area contributed by atoms with Gasteiger partial charge in [-0.25, -0.2) is 5.06 Å². The molecular weight excluding hydrogens is 222 g/mol. The van der Waals surface area contributed by atoms with E-state index in [4.69, 9.17) is 4.84 Å². The number of hydrogen-bond acceptors (Lipinski definition) is 3. The zero-order valence-electron chi connectivity index (χ0n) is 9.78. The van der Waals surface area contributed by atoms with Crippen LogP contribution < -0.4 is 0 Å². The Bertz CT molecular complexity index is 380. The molecule has 0 saturated carbocycles. The van der Waals surface area contributed by atoms with Crippen molar-refractivity contribution in [1.29, 1.82) is 0 Å². The zero-order valence-corrected chi connectivity index (χ0v) is 10.6. The highest BCUT2D eigenvalue weighted by Crippen LogP contribution is 2.24. The van der Waals surface area contributed by atoms with Crippen LogP contribution in [0.25, 0.3) is 0 Å². The molecule has 0 bridgehead atoms. The minimum absolute atomic E-state index is 0.0208. The predicted molar refractivity (Wildman–Crippen MR) is 64.7 cm³/mol. The summed E-state index contributed by atoms with van der Waals surface area (Å²) in [6.45, 7) is 5.56. The number of carbonyl (C=O) groups excluding carboxylic acids is 1. The summed E-state index contributed by atoms with van der Waals surface area (Å²) in [6, 6.07) is 2.00. The highest BCUT2D eigenvalue weighted by molar-refractivity contribution is 7.14. The largest absolute Gasteiger partial charge is 0.287 e. The van der Waals surface area contributed by atoms with E-state index in [1.54, 1.807) is 11.3 Å².